The Morgan fingerprint density at radius 2 is 1.95 bits per heavy atom. The molecule has 0 saturated carbocycles. The van der Waals surface area contributed by atoms with E-state index in [4.69, 9.17) is 9.57 Å². The van der Waals surface area contributed by atoms with Crippen molar-refractivity contribution in [3.05, 3.63) is 0 Å². The van der Waals surface area contributed by atoms with Gasteiger partial charge in [0.05, 0.1) is 12.7 Å². The van der Waals surface area contributed by atoms with Crippen LogP contribution in [0, 0.1) is 5.92 Å². The molecule has 0 aromatic carbocycles. The second-order valence-corrected chi connectivity index (χ2v) is 5.72. The molecule has 0 aromatic rings. The fourth-order valence-electron chi connectivity index (χ4n) is 3.17. The topological polar surface area (TPSA) is 45.8 Å². The molecule has 2 N–H and O–H groups in total. The van der Waals surface area contributed by atoms with Gasteiger partial charge in [0.25, 0.3) is 0 Å². The van der Waals surface area contributed by atoms with E-state index in [0.29, 0.717) is 12.5 Å². The van der Waals surface area contributed by atoms with Crippen molar-refractivity contribution in [2.75, 3.05) is 39.3 Å². The van der Waals surface area contributed by atoms with E-state index in [9.17, 15) is 0 Å². The fourth-order valence-corrected chi connectivity index (χ4v) is 3.17. The summed E-state index contributed by atoms with van der Waals surface area (Å²) in [5.74, 6) is 0.550. The van der Waals surface area contributed by atoms with Crippen molar-refractivity contribution < 1.29 is 9.57 Å². The van der Waals surface area contributed by atoms with Crippen LogP contribution < -0.4 is 10.8 Å². The van der Waals surface area contributed by atoms with Crippen LogP contribution in [-0.2, 0) is 9.57 Å². The molecule has 20 heavy (non-hydrogen) atoms. The summed E-state index contributed by atoms with van der Waals surface area (Å²) in [5, 5.41) is 3.38. The fraction of sp³-hybridized carbons (Fsp3) is 1.00. The minimum atomic E-state index is 0.0727. The van der Waals surface area contributed by atoms with Crippen LogP contribution in [0.3, 0.4) is 0 Å². The number of hydrogen-bond donors (Lipinski definition) is 2. The molecule has 3 saturated heterocycles. The third-order valence-electron chi connectivity index (χ3n) is 4.24. The van der Waals surface area contributed by atoms with E-state index < -0.39 is 0 Å². The van der Waals surface area contributed by atoms with Gasteiger partial charge in [0.2, 0.25) is 0 Å². The summed E-state index contributed by atoms with van der Waals surface area (Å²) in [5.41, 5.74) is 3.05. The Morgan fingerprint density at radius 3 is 2.65 bits per heavy atom. The number of hydroxylamine groups is 1. The van der Waals surface area contributed by atoms with Crippen LogP contribution in [0.15, 0.2) is 0 Å². The third-order valence-corrected chi connectivity index (χ3v) is 4.24. The summed E-state index contributed by atoms with van der Waals surface area (Å²) in [6, 6.07) is 0. The highest BCUT2D eigenvalue weighted by atomic mass is 16.7. The predicted molar refractivity (Wildman–Crippen MR) is 80.4 cm³/mol. The van der Waals surface area contributed by atoms with Crippen molar-refractivity contribution in [3.8, 4) is 0 Å². The van der Waals surface area contributed by atoms with E-state index in [1.54, 1.807) is 0 Å². The van der Waals surface area contributed by atoms with Crippen molar-refractivity contribution in [2.24, 2.45) is 5.92 Å². The number of nitrogens with zero attached hydrogens (tertiary/aromatic N) is 1. The van der Waals surface area contributed by atoms with Crippen molar-refractivity contribution in [3.63, 3.8) is 0 Å². The first kappa shape index (κ1) is 16.2. The second-order valence-electron chi connectivity index (χ2n) is 5.72. The van der Waals surface area contributed by atoms with Crippen LogP contribution in [0.4, 0.5) is 0 Å². The van der Waals surface area contributed by atoms with Crippen molar-refractivity contribution in [1.29, 1.82) is 0 Å². The van der Waals surface area contributed by atoms with Crippen LogP contribution in [-0.4, -0.2) is 56.6 Å². The van der Waals surface area contributed by atoms with Crippen molar-refractivity contribution >= 4 is 0 Å². The molecule has 3 aliphatic rings. The van der Waals surface area contributed by atoms with Gasteiger partial charge in [-0.05, 0) is 38.9 Å². The normalized spacial score (nSPS) is 35.4. The number of hydrogen-bond acceptors (Lipinski definition) is 5. The summed E-state index contributed by atoms with van der Waals surface area (Å²) in [6.45, 7) is 10.3. The van der Waals surface area contributed by atoms with Gasteiger partial charge in [-0.25, -0.2) is 0 Å². The summed E-state index contributed by atoms with van der Waals surface area (Å²) in [7, 11) is 0. The lowest BCUT2D eigenvalue weighted by molar-refractivity contribution is -0.214. The minimum absolute atomic E-state index is 0.0727. The first-order valence-electron chi connectivity index (χ1n) is 8.37. The quantitative estimate of drug-likeness (QED) is 0.820. The van der Waals surface area contributed by atoms with Crippen LogP contribution >= 0.6 is 0 Å². The lowest BCUT2D eigenvalue weighted by atomic mass is 10.1. The van der Waals surface area contributed by atoms with Crippen molar-refractivity contribution in [2.45, 2.75) is 51.9 Å². The Hall–Kier alpha value is -0.200. The maximum atomic E-state index is 6.16. The molecule has 5 nitrogen and oxygen atoms in total. The summed E-state index contributed by atoms with van der Waals surface area (Å²) in [6.07, 6.45) is 5.54. The molecular formula is C15H31N3O2. The van der Waals surface area contributed by atoms with E-state index in [0.717, 1.165) is 19.6 Å². The van der Waals surface area contributed by atoms with Crippen LogP contribution in [0.1, 0.15) is 39.5 Å². The average molecular weight is 285 g/mol. The molecule has 3 atom stereocenters. The summed E-state index contributed by atoms with van der Waals surface area (Å²) < 4.78 is 6.16. The first-order chi connectivity index (χ1) is 9.92. The standard InChI is InChI=1S/C13H25N3O2.C2H6/c1-2-6-16(7-3-1)9-12-10-17-15-13(18-12)11-4-5-14-8-11;1-2/h11-15H,1-10H2;1-2H3. The van der Waals surface area contributed by atoms with Gasteiger partial charge in [-0.3, -0.25) is 4.84 Å². The van der Waals surface area contributed by atoms with E-state index >= 15 is 0 Å². The number of ether oxygens (including phenoxy) is 1. The molecule has 3 rings (SSSR count). The van der Waals surface area contributed by atoms with Crippen LogP contribution in [0.2, 0.25) is 0 Å². The Balaban J connectivity index is 0.000000704. The number of rotatable bonds is 3. The molecule has 0 spiro atoms. The Labute approximate surface area is 123 Å². The van der Waals surface area contributed by atoms with Gasteiger partial charge >= 0.3 is 0 Å². The largest absolute Gasteiger partial charge is 0.354 e. The zero-order valence-electron chi connectivity index (χ0n) is 13.1. The lowest BCUT2D eigenvalue weighted by Crippen LogP contribution is -2.52. The molecule has 118 valence electrons. The molecule has 0 amide bonds. The summed E-state index contributed by atoms with van der Waals surface area (Å²) in [4.78, 5) is 8.04. The number of piperidine rings is 1. The number of nitrogens with one attached hydrogen (secondary N) is 2. The molecule has 0 aliphatic carbocycles. The van der Waals surface area contributed by atoms with Crippen molar-refractivity contribution in [1.82, 2.24) is 15.7 Å². The molecule has 3 heterocycles. The molecular weight excluding hydrogens is 254 g/mol. The molecule has 3 fully saturated rings. The van der Waals surface area contributed by atoms with Gasteiger partial charge in [0.1, 0.15) is 6.23 Å². The predicted octanol–water partition coefficient (Wildman–Crippen LogP) is 1.35. The Morgan fingerprint density at radius 1 is 1.15 bits per heavy atom. The molecule has 0 radical (unpaired) electrons. The number of likely N-dealkylation sites (tertiary alicyclic amines) is 1. The molecule has 3 aliphatic heterocycles. The van der Waals surface area contributed by atoms with Crippen LogP contribution in [0.5, 0.6) is 0 Å². The highest BCUT2D eigenvalue weighted by molar-refractivity contribution is 4.80. The monoisotopic (exact) mass is 285 g/mol. The Kier molecular flexibility index (Phi) is 7.24. The van der Waals surface area contributed by atoms with Gasteiger partial charge in [-0.1, -0.05) is 20.3 Å². The van der Waals surface area contributed by atoms with Gasteiger partial charge in [0, 0.05) is 19.0 Å². The van der Waals surface area contributed by atoms with Gasteiger partial charge in [0.15, 0.2) is 0 Å². The summed E-state index contributed by atoms with van der Waals surface area (Å²) >= 11 is 0. The molecule has 0 bridgehead atoms. The van der Waals surface area contributed by atoms with E-state index in [2.05, 4.69) is 15.7 Å². The molecule has 0 aromatic heterocycles. The maximum Gasteiger partial charge on any atom is 0.134 e. The lowest BCUT2D eigenvalue weighted by Gasteiger charge is -2.37. The van der Waals surface area contributed by atoms with Gasteiger partial charge in [-0.15, -0.1) is 0 Å². The van der Waals surface area contributed by atoms with E-state index in [1.807, 2.05) is 13.8 Å². The minimum Gasteiger partial charge on any atom is -0.354 e. The smallest absolute Gasteiger partial charge is 0.134 e. The first-order valence-corrected chi connectivity index (χ1v) is 8.37. The van der Waals surface area contributed by atoms with Crippen LogP contribution in [0.25, 0.3) is 0 Å². The van der Waals surface area contributed by atoms with E-state index in [1.165, 1.54) is 38.8 Å². The second kappa shape index (κ2) is 8.95. The zero-order chi connectivity index (χ0) is 14.2. The average Bonchev–Trinajstić information content (AvgIpc) is 3.05. The maximum absolute atomic E-state index is 6.16. The molecule has 3 unspecified atom stereocenters. The third kappa shape index (κ3) is 4.67. The Bertz CT molecular complexity index is 254. The molecule has 5 heteroatoms. The van der Waals surface area contributed by atoms with Gasteiger partial charge in [-0.2, -0.15) is 5.48 Å². The van der Waals surface area contributed by atoms with Gasteiger partial charge < -0.3 is 15.0 Å². The van der Waals surface area contributed by atoms with E-state index in [-0.39, 0.29) is 12.3 Å². The SMILES string of the molecule is C1CCN(CC2CONC(C3CCNC3)O2)CC1.CC. The highest BCUT2D eigenvalue weighted by Crippen LogP contribution is 2.19. The highest BCUT2D eigenvalue weighted by Gasteiger charge is 2.32. The zero-order valence-corrected chi connectivity index (χ0v) is 13.1.